The van der Waals surface area contributed by atoms with E-state index < -0.39 is 0 Å². The van der Waals surface area contributed by atoms with E-state index in [1.807, 2.05) is 0 Å². The fourth-order valence-corrected chi connectivity index (χ4v) is 2.91. The van der Waals surface area contributed by atoms with Gasteiger partial charge in [-0.2, -0.15) is 0 Å². The maximum Gasteiger partial charge on any atom is 0.128 e. The molecule has 1 saturated heterocycles. The number of anilines is 1. The average Bonchev–Trinajstić information content (AvgIpc) is 2.47. The van der Waals surface area contributed by atoms with Gasteiger partial charge in [0.05, 0.1) is 0 Å². The molecule has 0 aliphatic carbocycles. The summed E-state index contributed by atoms with van der Waals surface area (Å²) in [6.45, 7) is 7.87. The Balaban J connectivity index is 2.11. The molecule has 0 bridgehead atoms. The molecule has 1 aliphatic rings. The summed E-state index contributed by atoms with van der Waals surface area (Å²) in [4.78, 5) is 9.42. The van der Waals surface area contributed by atoms with E-state index in [1.165, 1.54) is 44.3 Å². The molecule has 0 spiro atoms. The Hall–Kier alpha value is -1.09. The zero-order valence-corrected chi connectivity index (χ0v) is 12.6. The zero-order chi connectivity index (χ0) is 13.7. The maximum atomic E-state index is 4.62. The van der Waals surface area contributed by atoms with Gasteiger partial charge in [-0.15, -0.1) is 0 Å². The third kappa shape index (κ3) is 3.47. The van der Waals surface area contributed by atoms with Crippen LogP contribution in [0.1, 0.15) is 51.1 Å². The molecular weight excluding hydrogens is 234 g/mol. The Morgan fingerprint density at radius 2 is 2.16 bits per heavy atom. The number of aromatic nitrogens is 1. The lowest BCUT2D eigenvalue weighted by Gasteiger charge is -2.35. The van der Waals surface area contributed by atoms with E-state index in [2.05, 4.69) is 54.0 Å². The number of nitrogens with zero attached hydrogens (tertiary/aromatic N) is 3. The van der Waals surface area contributed by atoms with Gasteiger partial charge in [0.25, 0.3) is 0 Å². The standard InChI is InChI=1S/C16H27N3/c1-4-11-19-12-7-6-8-15(19)14-9-10-16(17-13-14)18(3)5-2/h9-10,13,15H,4-8,11-12H2,1-3H3/t15-/m0/s1. The first-order chi connectivity index (χ1) is 9.26. The highest BCUT2D eigenvalue weighted by atomic mass is 15.2. The molecule has 0 amide bonds. The molecule has 1 atom stereocenters. The monoisotopic (exact) mass is 261 g/mol. The lowest BCUT2D eigenvalue weighted by molar-refractivity contribution is 0.149. The normalized spacial score (nSPS) is 20.5. The first-order valence-electron chi connectivity index (χ1n) is 7.67. The molecule has 0 N–H and O–H groups in total. The summed E-state index contributed by atoms with van der Waals surface area (Å²) in [5.74, 6) is 1.07. The van der Waals surface area contributed by atoms with Crippen molar-refractivity contribution < 1.29 is 0 Å². The van der Waals surface area contributed by atoms with Gasteiger partial charge in [-0.3, -0.25) is 4.90 Å². The molecule has 19 heavy (non-hydrogen) atoms. The van der Waals surface area contributed by atoms with Crippen LogP contribution in [-0.2, 0) is 0 Å². The molecule has 0 unspecified atom stereocenters. The van der Waals surface area contributed by atoms with Crippen molar-refractivity contribution >= 4 is 5.82 Å². The van der Waals surface area contributed by atoms with Crippen molar-refractivity contribution in [2.75, 3.05) is 31.6 Å². The van der Waals surface area contributed by atoms with E-state index in [1.54, 1.807) is 0 Å². The number of likely N-dealkylation sites (tertiary alicyclic amines) is 1. The summed E-state index contributed by atoms with van der Waals surface area (Å²) in [5, 5.41) is 0. The predicted octanol–water partition coefficient (Wildman–Crippen LogP) is 3.47. The van der Waals surface area contributed by atoms with Crippen molar-refractivity contribution in [3.63, 3.8) is 0 Å². The molecule has 0 saturated carbocycles. The minimum absolute atomic E-state index is 0.585. The van der Waals surface area contributed by atoms with Crippen LogP contribution < -0.4 is 4.90 Å². The number of pyridine rings is 1. The van der Waals surface area contributed by atoms with Crippen molar-refractivity contribution in [1.82, 2.24) is 9.88 Å². The van der Waals surface area contributed by atoms with Crippen LogP contribution in [0.5, 0.6) is 0 Å². The molecule has 1 aromatic rings. The average molecular weight is 261 g/mol. The lowest BCUT2D eigenvalue weighted by Crippen LogP contribution is -2.34. The van der Waals surface area contributed by atoms with Crippen molar-refractivity contribution in [3.8, 4) is 0 Å². The molecule has 2 heterocycles. The molecule has 0 radical (unpaired) electrons. The molecule has 2 rings (SSSR count). The smallest absolute Gasteiger partial charge is 0.128 e. The van der Waals surface area contributed by atoms with Crippen LogP contribution in [0.2, 0.25) is 0 Å². The summed E-state index contributed by atoms with van der Waals surface area (Å²) < 4.78 is 0. The fraction of sp³-hybridized carbons (Fsp3) is 0.688. The minimum Gasteiger partial charge on any atom is -0.360 e. The largest absolute Gasteiger partial charge is 0.360 e. The van der Waals surface area contributed by atoms with Crippen molar-refractivity contribution in [1.29, 1.82) is 0 Å². The third-order valence-corrected chi connectivity index (χ3v) is 4.15. The van der Waals surface area contributed by atoms with Gasteiger partial charge in [0.1, 0.15) is 5.82 Å². The predicted molar refractivity (Wildman–Crippen MR) is 81.6 cm³/mol. The van der Waals surface area contributed by atoms with Crippen LogP contribution >= 0.6 is 0 Å². The highest BCUT2D eigenvalue weighted by Gasteiger charge is 2.23. The second-order valence-electron chi connectivity index (χ2n) is 5.51. The summed E-state index contributed by atoms with van der Waals surface area (Å²) in [5.41, 5.74) is 1.39. The minimum atomic E-state index is 0.585. The second kappa shape index (κ2) is 6.90. The molecule has 1 aromatic heterocycles. The van der Waals surface area contributed by atoms with Gasteiger partial charge in [-0.1, -0.05) is 19.4 Å². The van der Waals surface area contributed by atoms with E-state index in [0.717, 1.165) is 12.4 Å². The van der Waals surface area contributed by atoms with Crippen LogP contribution in [0.25, 0.3) is 0 Å². The van der Waals surface area contributed by atoms with Crippen LogP contribution in [-0.4, -0.2) is 36.6 Å². The summed E-state index contributed by atoms with van der Waals surface area (Å²) >= 11 is 0. The lowest BCUT2D eigenvalue weighted by atomic mass is 9.96. The van der Waals surface area contributed by atoms with Gasteiger partial charge in [0, 0.05) is 25.8 Å². The van der Waals surface area contributed by atoms with Crippen LogP contribution in [0, 0.1) is 0 Å². The van der Waals surface area contributed by atoms with Gasteiger partial charge < -0.3 is 4.90 Å². The Bertz CT molecular complexity index is 372. The van der Waals surface area contributed by atoms with Crippen molar-refractivity contribution in [3.05, 3.63) is 23.9 Å². The van der Waals surface area contributed by atoms with Gasteiger partial charge >= 0.3 is 0 Å². The molecular formula is C16H27N3. The number of hydrogen-bond acceptors (Lipinski definition) is 3. The van der Waals surface area contributed by atoms with E-state index in [4.69, 9.17) is 0 Å². The van der Waals surface area contributed by atoms with E-state index in [9.17, 15) is 0 Å². The van der Waals surface area contributed by atoms with E-state index in [0.29, 0.717) is 6.04 Å². The Morgan fingerprint density at radius 3 is 2.79 bits per heavy atom. The molecule has 0 aromatic carbocycles. The quantitative estimate of drug-likeness (QED) is 0.809. The summed E-state index contributed by atoms with van der Waals surface area (Å²) in [7, 11) is 2.09. The molecule has 3 heteroatoms. The topological polar surface area (TPSA) is 19.4 Å². The first-order valence-corrected chi connectivity index (χ1v) is 7.67. The Kier molecular flexibility index (Phi) is 5.20. The van der Waals surface area contributed by atoms with E-state index >= 15 is 0 Å². The molecule has 106 valence electrons. The zero-order valence-electron chi connectivity index (χ0n) is 12.6. The van der Waals surface area contributed by atoms with Gasteiger partial charge in [-0.25, -0.2) is 4.98 Å². The number of piperidine rings is 1. The van der Waals surface area contributed by atoms with Gasteiger partial charge in [0.2, 0.25) is 0 Å². The molecule has 1 fully saturated rings. The summed E-state index contributed by atoms with van der Waals surface area (Å²) in [6, 6.07) is 5.02. The van der Waals surface area contributed by atoms with Crippen molar-refractivity contribution in [2.45, 2.75) is 45.6 Å². The van der Waals surface area contributed by atoms with Crippen LogP contribution in [0.4, 0.5) is 5.82 Å². The first kappa shape index (κ1) is 14.3. The van der Waals surface area contributed by atoms with Crippen LogP contribution in [0.15, 0.2) is 18.3 Å². The highest BCUT2D eigenvalue weighted by molar-refractivity contribution is 5.38. The van der Waals surface area contributed by atoms with Crippen LogP contribution in [0.3, 0.4) is 0 Å². The Morgan fingerprint density at radius 1 is 1.32 bits per heavy atom. The third-order valence-electron chi connectivity index (χ3n) is 4.15. The number of hydrogen-bond donors (Lipinski definition) is 0. The SMILES string of the molecule is CCCN1CCCC[C@H]1c1ccc(N(C)CC)nc1. The maximum absolute atomic E-state index is 4.62. The van der Waals surface area contributed by atoms with E-state index in [-0.39, 0.29) is 0 Å². The van der Waals surface area contributed by atoms with Crippen molar-refractivity contribution in [2.24, 2.45) is 0 Å². The summed E-state index contributed by atoms with van der Waals surface area (Å²) in [6.07, 6.45) is 7.30. The molecule has 1 aliphatic heterocycles. The second-order valence-corrected chi connectivity index (χ2v) is 5.51. The highest BCUT2D eigenvalue weighted by Crippen LogP contribution is 2.31. The Labute approximate surface area is 117 Å². The van der Waals surface area contributed by atoms with Gasteiger partial charge in [-0.05, 0) is 50.9 Å². The molecule has 3 nitrogen and oxygen atoms in total. The van der Waals surface area contributed by atoms with Gasteiger partial charge in [0.15, 0.2) is 0 Å². The fourth-order valence-electron chi connectivity index (χ4n) is 2.91. The number of rotatable bonds is 5.